The molecule has 1 unspecified atom stereocenters. The number of rotatable bonds is 7. The average molecular weight is 496 g/mol. The molecule has 2 fully saturated rings. The summed E-state index contributed by atoms with van der Waals surface area (Å²) >= 11 is 0. The van der Waals surface area contributed by atoms with Crippen molar-refractivity contribution < 1.29 is 27.5 Å². The number of amides is 2. The molecule has 10 nitrogen and oxygen atoms in total. The van der Waals surface area contributed by atoms with Crippen LogP contribution >= 0.6 is 0 Å². The molecule has 1 aromatic carbocycles. The van der Waals surface area contributed by atoms with E-state index in [1.165, 1.54) is 16.4 Å². The number of aromatic nitrogens is 1. The van der Waals surface area contributed by atoms with E-state index >= 15 is 0 Å². The molecular formula is C22H30FN5O5S. The lowest BCUT2D eigenvalue weighted by molar-refractivity contribution is -0.138. The topological polar surface area (TPSA) is 135 Å². The first-order valence-electron chi connectivity index (χ1n) is 11.2. The van der Waals surface area contributed by atoms with E-state index < -0.39 is 58.4 Å². The monoisotopic (exact) mass is 495 g/mol. The van der Waals surface area contributed by atoms with E-state index in [4.69, 9.17) is 0 Å². The lowest BCUT2D eigenvalue weighted by atomic mass is 9.91. The summed E-state index contributed by atoms with van der Waals surface area (Å²) in [6.45, 7) is 1.52. The molecule has 2 amide bonds. The maximum Gasteiger partial charge on any atom is 0.247 e. The van der Waals surface area contributed by atoms with Crippen molar-refractivity contribution in [3.05, 3.63) is 35.8 Å². The Labute approximate surface area is 197 Å². The molecule has 34 heavy (non-hydrogen) atoms. The molecule has 2 aromatic rings. The minimum absolute atomic E-state index is 0.176. The van der Waals surface area contributed by atoms with Crippen LogP contribution in [0.5, 0.6) is 0 Å². The number of H-pyrrole nitrogens is 1. The van der Waals surface area contributed by atoms with Gasteiger partial charge < -0.3 is 25.6 Å². The van der Waals surface area contributed by atoms with E-state index in [1.54, 1.807) is 31.1 Å². The molecule has 2 aliphatic heterocycles. The average Bonchev–Trinajstić information content (AvgIpc) is 3.49. The first-order chi connectivity index (χ1) is 16.1. The number of likely N-dealkylation sites (N-methyl/N-ethyl adjacent to an activating group) is 1. The first-order valence-corrected chi connectivity index (χ1v) is 13.0. The normalized spacial score (nSPS) is 24.9. The molecule has 0 bridgehead atoms. The molecule has 0 aliphatic carbocycles. The summed E-state index contributed by atoms with van der Waals surface area (Å²) in [5, 5.41) is 16.0. The SMILES string of the molecule is CN[C@@H](C)C(=O)NC(CO)C(=O)N1CC[C@@H]2[C@H]1[C@@H](c1c[nH]c3cc(F)ccc13)CN2S(C)(=O)=O. The molecule has 0 spiro atoms. The van der Waals surface area contributed by atoms with Crippen molar-refractivity contribution in [2.24, 2.45) is 0 Å². The number of aliphatic hydroxyl groups is 1. The van der Waals surface area contributed by atoms with Crippen molar-refractivity contribution in [3.8, 4) is 0 Å². The van der Waals surface area contributed by atoms with Gasteiger partial charge in [0.05, 0.1) is 24.9 Å². The minimum Gasteiger partial charge on any atom is -0.394 e. The Morgan fingerprint density at radius 2 is 2.09 bits per heavy atom. The fourth-order valence-corrected chi connectivity index (χ4v) is 6.35. The van der Waals surface area contributed by atoms with Crippen LogP contribution in [0.1, 0.15) is 24.8 Å². The molecule has 0 saturated carbocycles. The van der Waals surface area contributed by atoms with Crippen molar-refractivity contribution in [2.75, 3.05) is 33.0 Å². The Morgan fingerprint density at radius 3 is 2.74 bits per heavy atom. The second-order valence-electron chi connectivity index (χ2n) is 9.01. The van der Waals surface area contributed by atoms with E-state index in [0.29, 0.717) is 18.5 Å². The lowest BCUT2D eigenvalue weighted by Crippen LogP contribution is -2.56. The second kappa shape index (κ2) is 9.25. The summed E-state index contributed by atoms with van der Waals surface area (Å²) in [6.07, 6.45) is 3.33. The van der Waals surface area contributed by atoms with Gasteiger partial charge in [0.1, 0.15) is 11.9 Å². The quantitative estimate of drug-likeness (QED) is 0.417. The Kier molecular flexibility index (Phi) is 6.69. The molecule has 5 atom stereocenters. The second-order valence-corrected chi connectivity index (χ2v) is 10.9. The van der Waals surface area contributed by atoms with Gasteiger partial charge in [0, 0.05) is 42.1 Å². The first kappa shape index (κ1) is 24.6. The zero-order valence-corrected chi connectivity index (χ0v) is 20.1. The van der Waals surface area contributed by atoms with Crippen LogP contribution in [0, 0.1) is 5.82 Å². The highest BCUT2D eigenvalue weighted by Gasteiger charge is 2.54. The van der Waals surface area contributed by atoms with Gasteiger partial charge >= 0.3 is 0 Å². The van der Waals surface area contributed by atoms with E-state index in [2.05, 4.69) is 15.6 Å². The molecule has 3 heterocycles. The summed E-state index contributed by atoms with van der Waals surface area (Å²) in [5.74, 6) is -1.64. The highest BCUT2D eigenvalue weighted by atomic mass is 32.2. The summed E-state index contributed by atoms with van der Waals surface area (Å²) in [6, 6.07) is 1.74. The number of hydrogen-bond acceptors (Lipinski definition) is 6. The Morgan fingerprint density at radius 1 is 1.35 bits per heavy atom. The van der Waals surface area contributed by atoms with Crippen LogP contribution in [0.3, 0.4) is 0 Å². The predicted octanol–water partition coefficient (Wildman–Crippen LogP) is -0.280. The summed E-state index contributed by atoms with van der Waals surface area (Å²) in [4.78, 5) is 30.4. The molecule has 4 rings (SSSR count). The number of nitrogens with zero attached hydrogens (tertiary/aromatic N) is 2. The van der Waals surface area contributed by atoms with Crippen molar-refractivity contribution in [1.29, 1.82) is 0 Å². The fraction of sp³-hybridized carbons (Fsp3) is 0.545. The number of halogens is 1. The third-order valence-corrected chi connectivity index (χ3v) is 8.26. The molecule has 1 aromatic heterocycles. The van der Waals surface area contributed by atoms with E-state index in [-0.39, 0.29) is 12.5 Å². The van der Waals surface area contributed by atoms with Crippen LogP contribution < -0.4 is 10.6 Å². The molecule has 2 saturated heterocycles. The van der Waals surface area contributed by atoms with Crippen LogP contribution in [-0.4, -0.2) is 96.7 Å². The van der Waals surface area contributed by atoms with Gasteiger partial charge in [-0.3, -0.25) is 9.59 Å². The van der Waals surface area contributed by atoms with Crippen LogP contribution in [0.2, 0.25) is 0 Å². The molecule has 0 radical (unpaired) electrons. The summed E-state index contributed by atoms with van der Waals surface area (Å²) in [5.41, 5.74) is 1.38. The van der Waals surface area contributed by atoms with Crippen molar-refractivity contribution in [3.63, 3.8) is 0 Å². The maximum atomic E-state index is 13.7. The standard InChI is InChI=1S/C22H30FN5O5S/c1-12(24-2)21(30)26-18(11-29)22(31)27-7-6-19-20(27)16(10-28(19)34(3,32)33)15-9-25-17-8-13(23)4-5-14(15)17/h4-5,8-9,12,16,18-20,24-25,29H,6-7,10-11H2,1-3H3,(H,26,30)/t12-,16+,18?,19+,20+/m0/s1. The van der Waals surface area contributed by atoms with Crippen molar-refractivity contribution in [2.45, 2.75) is 43.4 Å². The van der Waals surface area contributed by atoms with Gasteiger partial charge in [0.2, 0.25) is 21.8 Å². The van der Waals surface area contributed by atoms with Gasteiger partial charge in [0.25, 0.3) is 0 Å². The number of hydrogen-bond donors (Lipinski definition) is 4. The zero-order valence-electron chi connectivity index (χ0n) is 19.3. The lowest BCUT2D eigenvalue weighted by Gasteiger charge is -2.31. The number of carbonyl (C=O) groups is 2. The molecule has 4 N–H and O–H groups in total. The highest BCUT2D eigenvalue weighted by Crippen LogP contribution is 2.44. The number of benzene rings is 1. The van der Waals surface area contributed by atoms with Gasteiger partial charge in [0.15, 0.2) is 0 Å². The van der Waals surface area contributed by atoms with Crippen LogP contribution in [0.4, 0.5) is 4.39 Å². The number of aromatic amines is 1. The van der Waals surface area contributed by atoms with Crippen molar-refractivity contribution >= 4 is 32.7 Å². The maximum absolute atomic E-state index is 13.7. The Hall–Kier alpha value is -2.54. The van der Waals surface area contributed by atoms with Crippen molar-refractivity contribution in [1.82, 2.24) is 24.8 Å². The van der Waals surface area contributed by atoms with Gasteiger partial charge in [-0.25, -0.2) is 12.8 Å². The fourth-order valence-electron chi connectivity index (χ4n) is 5.20. The number of fused-ring (bicyclic) bond motifs is 2. The number of nitrogens with one attached hydrogen (secondary N) is 3. The van der Waals surface area contributed by atoms with Gasteiger partial charge in [-0.15, -0.1) is 0 Å². The van der Waals surface area contributed by atoms with Gasteiger partial charge in [-0.1, -0.05) is 0 Å². The minimum atomic E-state index is -3.55. The van der Waals surface area contributed by atoms with E-state index in [0.717, 1.165) is 17.2 Å². The molecule has 12 heteroatoms. The van der Waals surface area contributed by atoms with E-state index in [1.807, 2.05) is 0 Å². The summed E-state index contributed by atoms with van der Waals surface area (Å²) in [7, 11) is -1.94. The largest absolute Gasteiger partial charge is 0.394 e. The van der Waals surface area contributed by atoms with Gasteiger partial charge in [-0.05, 0) is 44.2 Å². The predicted molar refractivity (Wildman–Crippen MR) is 124 cm³/mol. The Bertz CT molecular complexity index is 1200. The zero-order chi connectivity index (χ0) is 24.8. The van der Waals surface area contributed by atoms with Crippen LogP contribution in [-0.2, 0) is 19.6 Å². The smallest absolute Gasteiger partial charge is 0.247 e. The molecular weight excluding hydrogens is 465 g/mol. The third kappa shape index (κ3) is 4.30. The van der Waals surface area contributed by atoms with E-state index in [9.17, 15) is 27.5 Å². The highest BCUT2D eigenvalue weighted by molar-refractivity contribution is 7.88. The molecule has 2 aliphatic rings. The Balaban J connectivity index is 1.69. The van der Waals surface area contributed by atoms with Gasteiger partial charge in [-0.2, -0.15) is 4.31 Å². The van der Waals surface area contributed by atoms with Crippen LogP contribution in [0.15, 0.2) is 24.4 Å². The third-order valence-electron chi connectivity index (χ3n) is 6.99. The number of carbonyl (C=O) groups excluding carboxylic acids is 2. The molecule has 186 valence electrons. The number of aliphatic hydroxyl groups excluding tert-OH is 1. The number of sulfonamides is 1. The summed E-state index contributed by atoms with van der Waals surface area (Å²) < 4.78 is 40.3. The van der Waals surface area contributed by atoms with Crippen LogP contribution in [0.25, 0.3) is 10.9 Å². The number of likely N-dealkylation sites (tertiary alicyclic amines) is 1.